The second-order valence-corrected chi connectivity index (χ2v) is 7.42. The molecule has 0 atom stereocenters. The lowest BCUT2D eigenvalue weighted by Crippen LogP contribution is -2.47. The van der Waals surface area contributed by atoms with Gasteiger partial charge in [-0.2, -0.15) is 0 Å². The SMILES string of the molecule is CC(C)C1CCC2(CC1)N=C(c1ccc(F)c(Cl)c1)C(=O)N2C. The number of aliphatic imine (C=N–C) groups is 1. The molecule has 1 aromatic carbocycles. The van der Waals surface area contributed by atoms with Crippen LogP contribution in [0.2, 0.25) is 5.02 Å². The molecule has 0 N–H and O–H groups in total. The molecule has 0 radical (unpaired) electrons. The maximum Gasteiger partial charge on any atom is 0.274 e. The van der Waals surface area contributed by atoms with Crippen molar-refractivity contribution in [3.63, 3.8) is 0 Å². The van der Waals surface area contributed by atoms with E-state index in [1.54, 1.807) is 11.0 Å². The monoisotopic (exact) mass is 336 g/mol. The number of benzene rings is 1. The first-order valence-corrected chi connectivity index (χ1v) is 8.55. The van der Waals surface area contributed by atoms with Gasteiger partial charge in [0, 0.05) is 12.6 Å². The van der Waals surface area contributed by atoms with Crippen LogP contribution in [0.5, 0.6) is 0 Å². The first kappa shape index (κ1) is 16.4. The number of amides is 1. The van der Waals surface area contributed by atoms with Gasteiger partial charge in [-0.15, -0.1) is 0 Å². The zero-order valence-electron chi connectivity index (χ0n) is 13.8. The number of hydrogen-bond donors (Lipinski definition) is 0. The van der Waals surface area contributed by atoms with Crippen LogP contribution in [0.25, 0.3) is 0 Å². The summed E-state index contributed by atoms with van der Waals surface area (Å²) in [5, 5.41) is 0.0186. The minimum absolute atomic E-state index is 0.0186. The average Bonchev–Trinajstić information content (AvgIpc) is 2.76. The highest BCUT2D eigenvalue weighted by Crippen LogP contribution is 2.42. The Bertz CT molecular complexity index is 663. The van der Waals surface area contributed by atoms with Gasteiger partial charge in [-0.1, -0.05) is 25.4 Å². The van der Waals surface area contributed by atoms with E-state index in [9.17, 15) is 9.18 Å². The second-order valence-electron chi connectivity index (χ2n) is 7.02. The molecule has 23 heavy (non-hydrogen) atoms. The van der Waals surface area contributed by atoms with Gasteiger partial charge in [0.15, 0.2) is 0 Å². The van der Waals surface area contributed by atoms with Crippen molar-refractivity contribution >= 4 is 23.2 Å². The molecular formula is C18H22ClFN2O. The van der Waals surface area contributed by atoms with Crippen molar-refractivity contribution in [1.29, 1.82) is 0 Å². The molecule has 1 fully saturated rings. The molecule has 1 saturated carbocycles. The molecule has 3 nitrogen and oxygen atoms in total. The van der Waals surface area contributed by atoms with Gasteiger partial charge < -0.3 is 4.90 Å². The summed E-state index contributed by atoms with van der Waals surface area (Å²) in [6, 6.07) is 4.35. The average molecular weight is 337 g/mol. The standard InChI is InChI=1S/C18H22ClFN2O/c1-11(2)12-6-8-18(9-7-12)21-16(17(23)22(18)3)13-4-5-15(20)14(19)10-13/h4-5,10-12H,6-9H2,1-3H3. The number of carbonyl (C=O) groups excluding carboxylic acids is 1. The van der Waals surface area contributed by atoms with Crippen molar-refractivity contribution in [3.05, 3.63) is 34.6 Å². The van der Waals surface area contributed by atoms with E-state index in [-0.39, 0.29) is 10.9 Å². The smallest absolute Gasteiger partial charge is 0.274 e. The van der Waals surface area contributed by atoms with Gasteiger partial charge >= 0.3 is 0 Å². The Morgan fingerprint density at radius 3 is 2.57 bits per heavy atom. The summed E-state index contributed by atoms with van der Waals surface area (Å²) in [5.41, 5.74) is 0.562. The Morgan fingerprint density at radius 2 is 2.00 bits per heavy atom. The van der Waals surface area contributed by atoms with Crippen LogP contribution in [0.1, 0.15) is 45.1 Å². The lowest BCUT2D eigenvalue weighted by molar-refractivity contribution is -0.127. The predicted molar refractivity (Wildman–Crippen MR) is 90.2 cm³/mol. The zero-order chi connectivity index (χ0) is 16.8. The highest BCUT2D eigenvalue weighted by molar-refractivity contribution is 6.47. The van der Waals surface area contributed by atoms with Crippen molar-refractivity contribution in [2.24, 2.45) is 16.8 Å². The Hall–Kier alpha value is -1.42. The van der Waals surface area contributed by atoms with Gasteiger partial charge in [0.25, 0.3) is 5.91 Å². The van der Waals surface area contributed by atoms with Crippen molar-refractivity contribution in [1.82, 2.24) is 4.90 Å². The Balaban J connectivity index is 1.90. The van der Waals surface area contributed by atoms with E-state index in [2.05, 4.69) is 13.8 Å². The lowest BCUT2D eigenvalue weighted by Gasteiger charge is -2.40. The molecular weight excluding hydrogens is 315 g/mol. The third-order valence-electron chi connectivity index (χ3n) is 5.42. The first-order chi connectivity index (χ1) is 10.8. The molecule has 1 aromatic rings. The Morgan fingerprint density at radius 1 is 1.35 bits per heavy atom. The number of rotatable bonds is 2. The van der Waals surface area contributed by atoms with Crippen LogP contribution < -0.4 is 0 Å². The molecule has 0 saturated heterocycles. The highest BCUT2D eigenvalue weighted by atomic mass is 35.5. The molecule has 1 aliphatic carbocycles. The van der Waals surface area contributed by atoms with Gasteiger partial charge in [-0.25, -0.2) is 4.39 Å². The Kier molecular flexibility index (Phi) is 4.21. The molecule has 3 rings (SSSR count). The number of likely N-dealkylation sites (N-methyl/N-ethyl adjacent to an activating group) is 1. The van der Waals surface area contributed by atoms with Gasteiger partial charge in [0.05, 0.1) is 5.02 Å². The largest absolute Gasteiger partial charge is 0.316 e. The van der Waals surface area contributed by atoms with Crippen LogP contribution in [0.4, 0.5) is 4.39 Å². The van der Waals surface area contributed by atoms with Crippen molar-refractivity contribution in [3.8, 4) is 0 Å². The molecule has 0 aromatic heterocycles. The van der Waals surface area contributed by atoms with E-state index in [0.29, 0.717) is 23.1 Å². The van der Waals surface area contributed by atoms with Crippen LogP contribution in [-0.4, -0.2) is 29.2 Å². The third kappa shape index (κ3) is 2.78. The fourth-order valence-corrected chi connectivity index (χ4v) is 3.91. The van der Waals surface area contributed by atoms with E-state index >= 15 is 0 Å². The molecule has 124 valence electrons. The fraction of sp³-hybridized carbons (Fsp3) is 0.556. The number of nitrogens with zero attached hydrogens (tertiary/aromatic N) is 2. The van der Waals surface area contributed by atoms with Crippen molar-refractivity contribution < 1.29 is 9.18 Å². The molecule has 1 spiro atoms. The maximum absolute atomic E-state index is 13.4. The summed E-state index contributed by atoms with van der Waals surface area (Å²) in [7, 11) is 1.82. The minimum atomic E-state index is -0.484. The van der Waals surface area contributed by atoms with Gasteiger partial charge in [-0.3, -0.25) is 9.79 Å². The fourth-order valence-electron chi connectivity index (χ4n) is 3.73. The minimum Gasteiger partial charge on any atom is -0.316 e. The number of hydrogen-bond acceptors (Lipinski definition) is 2. The van der Waals surface area contributed by atoms with Gasteiger partial charge in [0.2, 0.25) is 0 Å². The van der Waals surface area contributed by atoms with Crippen molar-refractivity contribution in [2.45, 2.75) is 45.2 Å². The van der Waals surface area contributed by atoms with Crippen LogP contribution in [0.3, 0.4) is 0 Å². The molecule has 5 heteroatoms. The first-order valence-electron chi connectivity index (χ1n) is 8.17. The van der Waals surface area contributed by atoms with Crippen LogP contribution in [0, 0.1) is 17.7 Å². The van der Waals surface area contributed by atoms with Crippen molar-refractivity contribution in [2.75, 3.05) is 7.05 Å². The van der Waals surface area contributed by atoms with E-state index in [1.807, 2.05) is 7.05 Å². The molecule has 2 aliphatic rings. The van der Waals surface area contributed by atoms with Crippen LogP contribution in [0.15, 0.2) is 23.2 Å². The van der Waals surface area contributed by atoms with E-state index in [4.69, 9.17) is 16.6 Å². The number of halogens is 2. The predicted octanol–water partition coefficient (Wildman–Crippen LogP) is 4.28. The highest BCUT2D eigenvalue weighted by Gasteiger charge is 2.47. The maximum atomic E-state index is 13.4. The second kappa shape index (κ2) is 5.90. The third-order valence-corrected chi connectivity index (χ3v) is 5.71. The zero-order valence-corrected chi connectivity index (χ0v) is 14.5. The van der Waals surface area contributed by atoms with E-state index in [1.165, 1.54) is 12.1 Å². The molecule has 1 aliphatic heterocycles. The normalized spacial score (nSPS) is 27.9. The summed E-state index contributed by atoms with van der Waals surface area (Å²) < 4.78 is 13.4. The van der Waals surface area contributed by atoms with E-state index in [0.717, 1.165) is 25.7 Å². The summed E-state index contributed by atoms with van der Waals surface area (Å²) in [5.74, 6) is 0.774. The molecule has 1 heterocycles. The lowest BCUT2D eigenvalue weighted by atomic mass is 9.76. The summed E-state index contributed by atoms with van der Waals surface area (Å²) in [6.07, 6.45) is 3.93. The molecule has 0 bridgehead atoms. The number of carbonyl (C=O) groups is 1. The summed E-state index contributed by atoms with van der Waals surface area (Å²) in [6.45, 7) is 4.50. The van der Waals surface area contributed by atoms with E-state index < -0.39 is 11.5 Å². The van der Waals surface area contributed by atoms with Gasteiger partial charge in [-0.05, 0) is 55.7 Å². The van der Waals surface area contributed by atoms with Gasteiger partial charge in [0.1, 0.15) is 17.2 Å². The summed E-state index contributed by atoms with van der Waals surface area (Å²) in [4.78, 5) is 19.2. The quantitative estimate of drug-likeness (QED) is 0.793. The summed E-state index contributed by atoms with van der Waals surface area (Å²) >= 11 is 5.85. The van der Waals surface area contributed by atoms with Crippen LogP contribution in [-0.2, 0) is 4.79 Å². The van der Waals surface area contributed by atoms with Crippen LogP contribution >= 0.6 is 11.6 Å². The Labute approximate surface area is 141 Å². The topological polar surface area (TPSA) is 32.7 Å². The molecule has 1 amide bonds. The molecule has 0 unspecified atom stereocenters.